The number of hydrogen-bond donors (Lipinski definition) is 6. The highest BCUT2D eigenvalue weighted by Gasteiger charge is 2.23. The molecule has 0 unspecified atom stereocenters. The predicted molar refractivity (Wildman–Crippen MR) is 37.4 cm³/mol. The molecular formula is H6B4O7. The second kappa shape index (κ2) is 9.98. The van der Waals surface area contributed by atoms with Gasteiger partial charge in [0, 0.05) is 0 Å². The maximum Gasteiger partial charge on any atom is 0.482 e. The van der Waals surface area contributed by atoms with E-state index in [9.17, 15) is 0 Å². The number of rotatable bonds is 3. The third-order valence-electron chi connectivity index (χ3n) is 0.388. The minimum absolute atomic E-state index is 0.375. The Morgan fingerprint density at radius 2 is 1.09 bits per heavy atom. The Kier molecular flexibility index (Phi) is 12.3. The smallest absolute Gasteiger partial charge is 0.456 e. The molecule has 0 spiro atoms. The van der Waals surface area contributed by atoms with Gasteiger partial charge in [-0.2, -0.15) is 0 Å². The molecule has 0 heterocycles. The van der Waals surface area contributed by atoms with Crippen molar-refractivity contribution in [3.05, 3.63) is 0 Å². The molecule has 0 atom stereocenters. The molecule has 2 radical (unpaired) electrons. The lowest BCUT2D eigenvalue weighted by atomic mass is 9.50. The zero-order valence-electron chi connectivity index (χ0n) is 5.40. The van der Waals surface area contributed by atoms with Gasteiger partial charge in [0.15, 0.2) is 0 Å². The molecular weight excluding hydrogens is 155 g/mol. The summed E-state index contributed by atoms with van der Waals surface area (Å²) >= 11 is 0. The monoisotopic (exact) mass is 162 g/mol. The average Bonchev–Trinajstić information content (AvgIpc) is 1.90. The normalized spacial score (nSPS) is 7.45. The van der Waals surface area contributed by atoms with Gasteiger partial charge >= 0.3 is 29.4 Å². The Labute approximate surface area is 65.1 Å². The van der Waals surface area contributed by atoms with Gasteiger partial charge in [0.05, 0.1) is 0 Å². The maximum atomic E-state index is 7.69. The summed E-state index contributed by atoms with van der Waals surface area (Å²) in [4.78, 5) is 0. The lowest BCUT2D eigenvalue weighted by Crippen LogP contribution is -2.35. The molecule has 0 aromatic carbocycles. The van der Waals surface area contributed by atoms with E-state index >= 15 is 0 Å². The summed E-state index contributed by atoms with van der Waals surface area (Å²) in [5.41, 5.74) is 0. The van der Waals surface area contributed by atoms with E-state index in [4.69, 9.17) is 30.1 Å². The Morgan fingerprint density at radius 1 is 0.818 bits per heavy atom. The van der Waals surface area contributed by atoms with Crippen LogP contribution in [0.25, 0.3) is 0 Å². The first-order valence-corrected chi connectivity index (χ1v) is 2.35. The molecule has 0 aliphatic rings. The third-order valence-corrected chi connectivity index (χ3v) is 0.388. The highest BCUT2D eigenvalue weighted by atomic mass is 16.5. The molecule has 0 aromatic rings. The minimum atomic E-state index is -2.04. The van der Waals surface area contributed by atoms with Crippen molar-refractivity contribution in [3.63, 3.8) is 0 Å². The first kappa shape index (κ1) is 13.6. The topological polar surface area (TPSA) is 131 Å². The van der Waals surface area contributed by atoms with E-state index in [0.29, 0.717) is 15.4 Å². The fourth-order valence-electron chi connectivity index (χ4n) is 0.0272. The van der Waals surface area contributed by atoms with Crippen molar-refractivity contribution in [2.24, 2.45) is 0 Å². The van der Waals surface area contributed by atoms with Crippen molar-refractivity contribution in [3.8, 4) is 0 Å². The predicted octanol–water partition coefficient (Wildman–Crippen LogP) is -4.93. The van der Waals surface area contributed by atoms with Crippen LogP contribution in [-0.4, -0.2) is 59.5 Å². The Hall–Kier alpha value is -0.0203. The zero-order valence-corrected chi connectivity index (χ0v) is 5.40. The summed E-state index contributed by atoms with van der Waals surface area (Å²) in [6.45, 7) is 0. The van der Waals surface area contributed by atoms with Crippen LogP contribution in [0.1, 0.15) is 0 Å². The average molecular weight is 161 g/mol. The fourth-order valence-corrected chi connectivity index (χ4v) is 0.0272. The second-order valence-electron chi connectivity index (χ2n) is 1.17. The van der Waals surface area contributed by atoms with E-state index in [-0.39, 0.29) is 0 Å². The molecule has 0 aliphatic carbocycles. The van der Waals surface area contributed by atoms with Gasteiger partial charge in [0.25, 0.3) is 0 Å². The zero-order chi connectivity index (χ0) is 9.28. The SMILES string of the molecule is OB(O)B(O)O.O[B]O[B]O. The van der Waals surface area contributed by atoms with Gasteiger partial charge in [-0.15, -0.1) is 0 Å². The summed E-state index contributed by atoms with van der Waals surface area (Å²) < 4.78 is 3.69. The van der Waals surface area contributed by atoms with Crippen molar-refractivity contribution < 1.29 is 34.7 Å². The molecule has 60 valence electrons. The van der Waals surface area contributed by atoms with E-state index < -0.39 is 14.0 Å². The van der Waals surface area contributed by atoms with Gasteiger partial charge in [-0.1, -0.05) is 0 Å². The van der Waals surface area contributed by atoms with Crippen molar-refractivity contribution in [1.29, 1.82) is 0 Å². The molecule has 0 bridgehead atoms. The highest BCUT2D eigenvalue weighted by Crippen LogP contribution is 1.65. The van der Waals surface area contributed by atoms with Crippen molar-refractivity contribution in [1.82, 2.24) is 0 Å². The summed E-state index contributed by atoms with van der Waals surface area (Å²) in [6, 6.07) is 0. The fraction of sp³-hybridized carbons (Fsp3) is 0. The molecule has 7 nitrogen and oxygen atoms in total. The van der Waals surface area contributed by atoms with E-state index in [1.54, 1.807) is 0 Å². The maximum absolute atomic E-state index is 7.69. The minimum Gasteiger partial charge on any atom is -0.456 e. The van der Waals surface area contributed by atoms with Crippen LogP contribution in [0.2, 0.25) is 0 Å². The van der Waals surface area contributed by atoms with Crippen molar-refractivity contribution in [2.75, 3.05) is 0 Å². The van der Waals surface area contributed by atoms with Crippen LogP contribution in [-0.2, 0) is 4.57 Å². The molecule has 0 saturated heterocycles. The summed E-state index contributed by atoms with van der Waals surface area (Å²) in [6.07, 6.45) is 0. The van der Waals surface area contributed by atoms with Gasteiger partial charge in [-0.3, -0.25) is 0 Å². The summed E-state index contributed by atoms with van der Waals surface area (Å²) in [5.74, 6) is 0. The first-order chi connectivity index (χ1) is 5.06. The van der Waals surface area contributed by atoms with Gasteiger partial charge in [0.1, 0.15) is 0 Å². The molecule has 0 aliphatic heterocycles. The van der Waals surface area contributed by atoms with Gasteiger partial charge in [-0.25, -0.2) is 0 Å². The Balaban J connectivity index is 0. The molecule has 0 rings (SSSR count). The van der Waals surface area contributed by atoms with Gasteiger partial charge < -0.3 is 34.7 Å². The van der Waals surface area contributed by atoms with Crippen LogP contribution in [0.3, 0.4) is 0 Å². The quantitative estimate of drug-likeness (QED) is 0.229. The van der Waals surface area contributed by atoms with Crippen LogP contribution >= 0.6 is 0 Å². The van der Waals surface area contributed by atoms with E-state index in [1.165, 1.54) is 0 Å². The number of hydrogen-bond acceptors (Lipinski definition) is 7. The molecule has 0 saturated carbocycles. The molecule has 0 fully saturated rings. The first-order valence-electron chi connectivity index (χ1n) is 2.35. The largest absolute Gasteiger partial charge is 0.482 e. The molecule has 11 heteroatoms. The Morgan fingerprint density at radius 3 is 1.09 bits per heavy atom. The standard InChI is InChI=1S/B2H4O4.B2H2O3/c3-1(4)2(5)6;3-1-5-2-4/h3-6H;3-4H. The van der Waals surface area contributed by atoms with Gasteiger partial charge in [-0.05, 0) is 0 Å². The lowest BCUT2D eigenvalue weighted by Gasteiger charge is -1.89. The second-order valence-corrected chi connectivity index (χ2v) is 1.17. The van der Waals surface area contributed by atoms with Crippen LogP contribution in [0.5, 0.6) is 0 Å². The van der Waals surface area contributed by atoms with E-state index in [1.807, 2.05) is 0 Å². The molecule has 0 amide bonds. The van der Waals surface area contributed by atoms with Crippen LogP contribution in [0.4, 0.5) is 0 Å². The van der Waals surface area contributed by atoms with E-state index in [0.717, 1.165) is 0 Å². The van der Waals surface area contributed by atoms with Crippen LogP contribution in [0, 0.1) is 0 Å². The highest BCUT2D eigenvalue weighted by molar-refractivity contribution is 7.07. The van der Waals surface area contributed by atoms with Crippen LogP contribution < -0.4 is 0 Å². The molecule has 6 N–H and O–H groups in total. The molecule has 0 aromatic heterocycles. The van der Waals surface area contributed by atoms with Crippen LogP contribution in [0.15, 0.2) is 0 Å². The van der Waals surface area contributed by atoms with Crippen molar-refractivity contribution >= 4 is 29.4 Å². The third kappa shape index (κ3) is 17.8. The summed E-state index contributed by atoms with van der Waals surface area (Å²) in [7, 11) is -3.32. The molecule has 11 heavy (non-hydrogen) atoms. The summed E-state index contributed by atoms with van der Waals surface area (Å²) in [5, 5.41) is 45.8. The lowest BCUT2D eigenvalue weighted by molar-refractivity contribution is 0.368. The van der Waals surface area contributed by atoms with Gasteiger partial charge in [0.2, 0.25) is 0 Å². The van der Waals surface area contributed by atoms with Crippen molar-refractivity contribution in [2.45, 2.75) is 0 Å². The Bertz CT molecular complexity index is 55.5. The van der Waals surface area contributed by atoms with E-state index in [2.05, 4.69) is 4.57 Å².